The van der Waals surface area contributed by atoms with Crippen molar-refractivity contribution < 1.29 is 4.39 Å². The molecule has 6 heteroatoms. The van der Waals surface area contributed by atoms with E-state index in [1.165, 1.54) is 6.07 Å². The molecule has 0 amide bonds. The molecule has 110 valence electrons. The molecular weight excluding hydrogens is 269 g/mol. The van der Waals surface area contributed by atoms with Crippen LogP contribution in [0.1, 0.15) is 30.8 Å². The molecule has 0 aliphatic rings. The maximum Gasteiger partial charge on any atom is 0.151 e. The molecule has 0 radical (unpaired) electrons. The van der Waals surface area contributed by atoms with E-state index in [0.29, 0.717) is 11.3 Å². The van der Waals surface area contributed by atoms with Crippen molar-refractivity contribution in [1.29, 1.82) is 0 Å². The Labute approximate surface area is 122 Å². The van der Waals surface area contributed by atoms with Crippen molar-refractivity contribution in [2.24, 2.45) is 12.8 Å². The Kier molecular flexibility index (Phi) is 3.47. The second-order valence-corrected chi connectivity index (χ2v) is 5.15. The first-order chi connectivity index (χ1) is 10.1. The minimum Gasteiger partial charge on any atom is -0.326 e. The number of halogens is 1. The van der Waals surface area contributed by atoms with Crippen molar-refractivity contribution in [3.8, 4) is 0 Å². The molecule has 5 nitrogen and oxygen atoms in total. The summed E-state index contributed by atoms with van der Waals surface area (Å²) in [5, 5.41) is 4.14. The van der Waals surface area contributed by atoms with E-state index >= 15 is 0 Å². The van der Waals surface area contributed by atoms with Crippen LogP contribution in [0.4, 0.5) is 4.39 Å². The lowest BCUT2D eigenvalue weighted by Gasteiger charge is -2.12. The van der Waals surface area contributed by atoms with Crippen molar-refractivity contribution >= 4 is 11.0 Å². The minimum atomic E-state index is -0.419. The molecule has 1 atom stereocenters. The Bertz CT molecular complexity index is 774. The second kappa shape index (κ2) is 5.29. The molecule has 21 heavy (non-hydrogen) atoms. The Hall–Kier alpha value is -2.21. The normalized spacial score (nSPS) is 13.0. The third-order valence-corrected chi connectivity index (χ3v) is 3.57. The molecule has 0 aliphatic heterocycles. The molecule has 1 unspecified atom stereocenters. The summed E-state index contributed by atoms with van der Waals surface area (Å²) < 4.78 is 17.6. The third kappa shape index (κ3) is 2.31. The summed E-state index contributed by atoms with van der Waals surface area (Å²) in [4.78, 5) is 4.44. The van der Waals surface area contributed by atoms with Gasteiger partial charge in [-0.05, 0) is 18.6 Å². The highest BCUT2D eigenvalue weighted by Gasteiger charge is 2.20. The molecule has 0 saturated heterocycles. The van der Waals surface area contributed by atoms with Gasteiger partial charge in [-0.1, -0.05) is 13.0 Å². The van der Waals surface area contributed by atoms with Gasteiger partial charge >= 0.3 is 0 Å². The molecule has 1 aromatic carbocycles. The van der Waals surface area contributed by atoms with Crippen molar-refractivity contribution in [3.05, 3.63) is 47.8 Å². The lowest BCUT2D eigenvalue weighted by molar-refractivity contribution is 0.626. The van der Waals surface area contributed by atoms with Gasteiger partial charge in [0.05, 0.1) is 17.8 Å². The molecular formula is C15H18FN5. The van der Waals surface area contributed by atoms with Crippen LogP contribution in [0.15, 0.2) is 30.6 Å². The number of nitrogens with zero attached hydrogens (tertiary/aromatic N) is 4. The molecule has 2 N–H and O–H groups in total. The van der Waals surface area contributed by atoms with E-state index in [0.717, 1.165) is 24.0 Å². The topological polar surface area (TPSA) is 61.7 Å². The average molecular weight is 287 g/mol. The van der Waals surface area contributed by atoms with E-state index in [2.05, 4.69) is 17.0 Å². The first-order valence-corrected chi connectivity index (χ1v) is 7.00. The van der Waals surface area contributed by atoms with Gasteiger partial charge in [0, 0.05) is 25.4 Å². The number of imidazole rings is 1. The summed E-state index contributed by atoms with van der Waals surface area (Å²) in [6.07, 6.45) is 4.50. The molecule has 3 rings (SSSR count). The molecule has 0 fully saturated rings. The number of para-hydroxylation sites is 1. The first kappa shape index (κ1) is 13.8. The summed E-state index contributed by atoms with van der Waals surface area (Å²) in [7, 11) is 1.84. The smallest absolute Gasteiger partial charge is 0.151 e. The zero-order valence-electron chi connectivity index (χ0n) is 12.1. The molecule has 2 aromatic heterocycles. The van der Waals surface area contributed by atoms with Crippen LogP contribution in [0.2, 0.25) is 0 Å². The predicted molar refractivity (Wildman–Crippen MR) is 79.2 cm³/mol. The summed E-state index contributed by atoms with van der Waals surface area (Å²) in [5.74, 6) is 0.354. The van der Waals surface area contributed by atoms with Crippen LogP contribution < -0.4 is 5.73 Å². The maximum absolute atomic E-state index is 14.0. The van der Waals surface area contributed by atoms with Gasteiger partial charge in [-0.25, -0.2) is 9.37 Å². The molecule has 0 aliphatic carbocycles. The molecule has 0 saturated carbocycles. The van der Waals surface area contributed by atoms with Gasteiger partial charge in [-0.2, -0.15) is 5.10 Å². The molecule has 0 bridgehead atoms. The largest absolute Gasteiger partial charge is 0.326 e. The summed E-state index contributed by atoms with van der Waals surface area (Å²) >= 11 is 0. The fourth-order valence-electron chi connectivity index (χ4n) is 2.58. The number of benzene rings is 1. The van der Waals surface area contributed by atoms with E-state index in [1.54, 1.807) is 16.9 Å². The highest BCUT2D eigenvalue weighted by Crippen LogP contribution is 2.25. The number of aryl methyl sites for hydroxylation is 2. The summed E-state index contributed by atoms with van der Waals surface area (Å²) in [5.41, 5.74) is 8.34. The highest BCUT2D eigenvalue weighted by molar-refractivity contribution is 5.77. The van der Waals surface area contributed by atoms with Gasteiger partial charge in [0.1, 0.15) is 11.3 Å². The Morgan fingerprint density at radius 2 is 2.19 bits per heavy atom. The number of fused-ring (bicyclic) bond motifs is 1. The van der Waals surface area contributed by atoms with E-state index in [9.17, 15) is 4.39 Å². The average Bonchev–Trinajstić information content (AvgIpc) is 3.04. The van der Waals surface area contributed by atoms with E-state index in [-0.39, 0.29) is 5.82 Å². The van der Waals surface area contributed by atoms with Crippen LogP contribution in [0.3, 0.4) is 0 Å². The second-order valence-electron chi connectivity index (χ2n) is 5.15. The number of aromatic nitrogens is 4. The monoisotopic (exact) mass is 287 g/mol. The summed E-state index contributed by atoms with van der Waals surface area (Å²) in [6.45, 7) is 2.83. The van der Waals surface area contributed by atoms with Crippen LogP contribution >= 0.6 is 0 Å². The number of hydrogen-bond donors (Lipinski definition) is 1. The highest BCUT2D eigenvalue weighted by atomic mass is 19.1. The van der Waals surface area contributed by atoms with Gasteiger partial charge in [0.25, 0.3) is 0 Å². The first-order valence-electron chi connectivity index (χ1n) is 7.00. The molecule has 2 heterocycles. The Morgan fingerprint density at radius 3 is 2.86 bits per heavy atom. The number of hydrogen-bond acceptors (Lipinski definition) is 3. The van der Waals surface area contributed by atoms with Gasteiger partial charge in [-0.3, -0.25) is 4.68 Å². The van der Waals surface area contributed by atoms with Gasteiger partial charge < -0.3 is 10.3 Å². The van der Waals surface area contributed by atoms with Crippen LogP contribution in [-0.4, -0.2) is 19.3 Å². The van der Waals surface area contributed by atoms with E-state index in [1.807, 2.05) is 23.9 Å². The predicted octanol–water partition coefficient (Wildman–Crippen LogP) is 2.37. The third-order valence-electron chi connectivity index (χ3n) is 3.57. The van der Waals surface area contributed by atoms with Crippen molar-refractivity contribution in [1.82, 2.24) is 19.3 Å². The standard InChI is InChI=1S/C15H18FN5/c1-3-7-21-12-6-4-5-11(16)14(12)19-15(21)13(17)10-8-18-20(2)9-10/h4-6,8-9,13H,3,7,17H2,1-2H3. The maximum atomic E-state index is 14.0. The number of rotatable bonds is 4. The minimum absolute atomic E-state index is 0.318. The zero-order valence-corrected chi connectivity index (χ0v) is 12.1. The SMILES string of the molecule is CCCn1c(C(N)c2cnn(C)c2)nc2c(F)cccc21. The van der Waals surface area contributed by atoms with E-state index < -0.39 is 6.04 Å². The van der Waals surface area contributed by atoms with Crippen LogP contribution in [0, 0.1) is 5.82 Å². The lowest BCUT2D eigenvalue weighted by atomic mass is 10.1. The van der Waals surface area contributed by atoms with Crippen LogP contribution in [-0.2, 0) is 13.6 Å². The van der Waals surface area contributed by atoms with Crippen molar-refractivity contribution in [2.45, 2.75) is 25.9 Å². The fraction of sp³-hybridized carbons (Fsp3) is 0.333. The Balaban J connectivity index is 2.16. The Morgan fingerprint density at radius 1 is 1.38 bits per heavy atom. The lowest BCUT2D eigenvalue weighted by Crippen LogP contribution is -2.17. The van der Waals surface area contributed by atoms with Crippen LogP contribution in [0.5, 0.6) is 0 Å². The molecule has 3 aromatic rings. The van der Waals surface area contributed by atoms with E-state index in [4.69, 9.17) is 5.73 Å². The molecule has 0 spiro atoms. The van der Waals surface area contributed by atoms with Crippen molar-refractivity contribution in [2.75, 3.05) is 0 Å². The van der Waals surface area contributed by atoms with Crippen LogP contribution in [0.25, 0.3) is 11.0 Å². The van der Waals surface area contributed by atoms with Crippen molar-refractivity contribution in [3.63, 3.8) is 0 Å². The van der Waals surface area contributed by atoms with Gasteiger partial charge in [-0.15, -0.1) is 0 Å². The van der Waals surface area contributed by atoms with Gasteiger partial charge in [0.15, 0.2) is 5.82 Å². The fourth-order valence-corrected chi connectivity index (χ4v) is 2.58. The zero-order chi connectivity index (χ0) is 15.0. The van der Waals surface area contributed by atoms with Gasteiger partial charge in [0.2, 0.25) is 0 Å². The quantitative estimate of drug-likeness (QED) is 0.801. The number of nitrogens with two attached hydrogens (primary N) is 1. The summed E-state index contributed by atoms with van der Waals surface area (Å²) in [6, 6.07) is 4.58.